The van der Waals surface area contributed by atoms with Crippen LogP contribution in [0.3, 0.4) is 0 Å². The molecule has 3 aromatic rings. The molecule has 4 rings (SSSR count). The molecule has 2 aromatic carbocycles. The molecule has 27 heavy (non-hydrogen) atoms. The monoisotopic (exact) mass is 366 g/mol. The summed E-state index contributed by atoms with van der Waals surface area (Å²) in [5.41, 5.74) is 7.30. The first-order valence-corrected chi connectivity index (χ1v) is 9.62. The summed E-state index contributed by atoms with van der Waals surface area (Å²) in [5, 5.41) is 0. The van der Waals surface area contributed by atoms with Crippen LogP contribution in [0.2, 0.25) is 0 Å². The first kappa shape index (κ1) is 17.3. The van der Waals surface area contributed by atoms with Gasteiger partial charge in [0.25, 0.3) is 0 Å². The molecular formula is C24H18N2S. The van der Waals surface area contributed by atoms with Gasteiger partial charge in [-0.3, -0.25) is 0 Å². The van der Waals surface area contributed by atoms with Gasteiger partial charge in [0, 0.05) is 16.7 Å². The van der Waals surface area contributed by atoms with Crippen molar-refractivity contribution >= 4 is 17.3 Å². The summed E-state index contributed by atoms with van der Waals surface area (Å²) in [6.07, 6.45) is 2.95. The molecule has 3 heteroatoms. The van der Waals surface area contributed by atoms with Crippen molar-refractivity contribution in [2.24, 2.45) is 0 Å². The Balaban J connectivity index is 1.58. The smallest absolute Gasteiger partial charge is 0.117 e. The van der Waals surface area contributed by atoms with Gasteiger partial charge < -0.3 is 0 Å². The van der Waals surface area contributed by atoms with Gasteiger partial charge in [-0.1, -0.05) is 65.2 Å². The Morgan fingerprint density at radius 3 is 2.11 bits per heavy atom. The van der Waals surface area contributed by atoms with Gasteiger partial charge in [-0.05, 0) is 44.5 Å². The van der Waals surface area contributed by atoms with Gasteiger partial charge in [-0.25, -0.2) is 0 Å². The van der Waals surface area contributed by atoms with E-state index in [4.69, 9.17) is 0 Å². The van der Waals surface area contributed by atoms with E-state index in [9.17, 15) is 0 Å². The lowest BCUT2D eigenvalue weighted by Crippen LogP contribution is -2.05. The number of rotatable bonds is 0. The molecule has 2 nitrogen and oxygen atoms in total. The van der Waals surface area contributed by atoms with Crippen molar-refractivity contribution in [2.75, 3.05) is 0 Å². The van der Waals surface area contributed by atoms with E-state index in [1.54, 1.807) is 0 Å². The number of nitrogens with zero attached hydrogens (tertiary/aromatic N) is 2. The van der Waals surface area contributed by atoms with Crippen molar-refractivity contribution < 1.29 is 0 Å². The van der Waals surface area contributed by atoms with Crippen molar-refractivity contribution in [2.45, 2.75) is 26.2 Å². The van der Waals surface area contributed by atoms with Gasteiger partial charge >= 0.3 is 0 Å². The third kappa shape index (κ3) is 4.00. The highest BCUT2D eigenvalue weighted by atomic mass is 32.1. The Labute approximate surface area is 164 Å². The van der Waals surface area contributed by atoms with E-state index >= 15 is 0 Å². The Bertz CT molecular complexity index is 1110. The van der Waals surface area contributed by atoms with Crippen LogP contribution >= 0.6 is 11.7 Å². The largest absolute Gasteiger partial charge is 0.176 e. The van der Waals surface area contributed by atoms with E-state index < -0.39 is 0 Å². The average molecular weight is 366 g/mol. The van der Waals surface area contributed by atoms with E-state index in [-0.39, 0.29) is 5.92 Å². The quantitative estimate of drug-likeness (QED) is 0.516. The molecule has 0 N–H and O–H groups in total. The van der Waals surface area contributed by atoms with E-state index in [1.807, 2.05) is 12.1 Å². The fourth-order valence-electron chi connectivity index (χ4n) is 2.88. The van der Waals surface area contributed by atoms with Crippen LogP contribution in [0, 0.1) is 37.5 Å². The van der Waals surface area contributed by atoms with Gasteiger partial charge in [-0.2, -0.15) is 8.75 Å². The van der Waals surface area contributed by atoms with Crippen molar-refractivity contribution in [3.05, 3.63) is 88.2 Å². The summed E-state index contributed by atoms with van der Waals surface area (Å²) < 4.78 is 8.97. The number of benzene rings is 2. The molecule has 1 atom stereocenters. The number of hydrogen-bond donors (Lipinski definition) is 0. The molecule has 0 bridgehead atoms. The zero-order chi connectivity index (χ0) is 18.6. The van der Waals surface area contributed by atoms with E-state index in [0.29, 0.717) is 0 Å². The van der Waals surface area contributed by atoms with Gasteiger partial charge in [0.15, 0.2) is 0 Å². The molecule has 0 fully saturated rings. The summed E-state index contributed by atoms with van der Waals surface area (Å²) in [6.45, 7) is 4.15. The Kier molecular flexibility index (Phi) is 4.88. The lowest BCUT2D eigenvalue weighted by molar-refractivity contribution is 0.847. The molecule has 0 radical (unpaired) electrons. The van der Waals surface area contributed by atoms with Crippen LogP contribution in [0.5, 0.6) is 0 Å². The minimum Gasteiger partial charge on any atom is -0.176 e. The second-order valence-electron chi connectivity index (χ2n) is 6.66. The molecule has 1 unspecified atom stereocenters. The third-order valence-electron chi connectivity index (χ3n) is 4.49. The van der Waals surface area contributed by atoms with Crippen LogP contribution in [0.1, 0.15) is 46.0 Å². The molecule has 1 aliphatic rings. The highest BCUT2D eigenvalue weighted by molar-refractivity contribution is 6.99. The van der Waals surface area contributed by atoms with Gasteiger partial charge in [-0.15, -0.1) is 0 Å². The average Bonchev–Trinajstić information content (AvgIpc) is 3.18. The first-order valence-electron chi connectivity index (χ1n) is 8.89. The topological polar surface area (TPSA) is 25.8 Å². The summed E-state index contributed by atoms with van der Waals surface area (Å²) >= 11 is 1.23. The maximum Gasteiger partial charge on any atom is 0.117 e. The number of allylic oxidation sites excluding steroid dienone is 2. The van der Waals surface area contributed by atoms with Crippen LogP contribution in [0.4, 0.5) is 0 Å². The Morgan fingerprint density at radius 1 is 0.815 bits per heavy atom. The normalized spacial score (nSPS) is 14.9. The predicted octanol–water partition coefficient (Wildman–Crippen LogP) is 5.13. The third-order valence-corrected chi connectivity index (χ3v) is 5.03. The van der Waals surface area contributed by atoms with Crippen LogP contribution in [-0.4, -0.2) is 8.75 Å². The van der Waals surface area contributed by atoms with Gasteiger partial charge in [0.2, 0.25) is 0 Å². The number of hydrogen-bond acceptors (Lipinski definition) is 3. The van der Waals surface area contributed by atoms with Crippen molar-refractivity contribution in [1.29, 1.82) is 0 Å². The summed E-state index contributed by atoms with van der Waals surface area (Å²) in [6, 6.07) is 16.5. The SMILES string of the molecule is Cc1ccc(C#CC2=CCC(C#Cc3ccc(C)cc3)c3nsnc32)cc1. The first-order chi connectivity index (χ1) is 13.2. The van der Waals surface area contributed by atoms with Crippen LogP contribution in [-0.2, 0) is 0 Å². The van der Waals surface area contributed by atoms with E-state index in [2.05, 4.69) is 88.8 Å². The number of aryl methyl sites for hydroxylation is 2. The predicted molar refractivity (Wildman–Crippen MR) is 111 cm³/mol. The Morgan fingerprint density at radius 2 is 1.44 bits per heavy atom. The van der Waals surface area contributed by atoms with Crippen molar-refractivity contribution in [1.82, 2.24) is 8.75 Å². The second-order valence-corrected chi connectivity index (χ2v) is 7.18. The Hall–Kier alpha value is -3.14. The van der Waals surface area contributed by atoms with Crippen LogP contribution in [0.25, 0.3) is 5.57 Å². The van der Waals surface area contributed by atoms with Crippen molar-refractivity contribution in [3.8, 4) is 23.7 Å². The highest BCUT2D eigenvalue weighted by Gasteiger charge is 2.23. The molecule has 0 aliphatic heterocycles. The fraction of sp³-hybridized carbons (Fsp3) is 0.167. The molecule has 0 amide bonds. The summed E-state index contributed by atoms with van der Waals surface area (Å²) in [4.78, 5) is 0. The lowest BCUT2D eigenvalue weighted by atomic mass is 9.90. The molecule has 0 saturated carbocycles. The molecule has 1 aliphatic carbocycles. The van der Waals surface area contributed by atoms with E-state index in [1.165, 1.54) is 22.9 Å². The van der Waals surface area contributed by atoms with Crippen LogP contribution < -0.4 is 0 Å². The van der Waals surface area contributed by atoms with Gasteiger partial charge in [0.1, 0.15) is 5.69 Å². The molecule has 0 saturated heterocycles. The molecule has 1 heterocycles. The highest BCUT2D eigenvalue weighted by Crippen LogP contribution is 2.32. The van der Waals surface area contributed by atoms with E-state index in [0.717, 1.165) is 34.5 Å². The number of aromatic nitrogens is 2. The van der Waals surface area contributed by atoms with Crippen molar-refractivity contribution in [3.63, 3.8) is 0 Å². The molecular weight excluding hydrogens is 348 g/mol. The molecule has 1 aromatic heterocycles. The second kappa shape index (κ2) is 7.62. The minimum absolute atomic E-state index is 0.0741. The molecule has 0 spiro atoms. The standard InChI is InChI=1S/C24H18N2S/c1-17-3-7-19(8-4-17)11-13-21-15-16-22(24-23(21)25-27-26-24)14-12-20-9-5-18(2)6-10-20/h3-10,15,22H,16H2,1-2H3. The van der Waals surface area contributed by atoms with Gasteiger partial charge in [0.05, 0.1) is 23.3 Å². The van der Waals surface area contributed by atoms with Crippen LogP contribution in [0.15, 0.2) is 54.6 Å². The lowest BCUT2D eigenvalue weighted by Gasteiger charge is -2.12. The zero-order valence-corrected chi connectivity index (χ0v) is 16.1. The summed E-state index contributed by atoms with van der Waals surface area (Å²) in [5.74, 6) is 13.2. The number of fused-ring (bicyclic) bond motifs is 1. The maximum atomic E-state index is 4.50. The summed E-state index contributed by atoms with van der Waals surface area (Å²) in [7, 11) is 0. The fourth-order valence-corrected chi connectivity index (χ4v) is 3.49. The maximum absolute atomic E-state index is 4.50. The zero-order valence-electron chi connectivity index (χ0n) is 15.3. The minimum atomic E-state index is 0.0741. The molecule has 130 valence electrons.